The molecular formula is C16H24N2. The molecule has 0 fully saturated rings. The van der Waals surface area contributed by atoms with Crippen LogP contribution in [0.2, 0.25) is 0 Å². The van der Waals surface area contributed by atoms with Gasteiger partial charge >= 0.3 is 0 Å². The Morgan fingerprint density at radius 3 is 1.83 bits per heavy atom. The van der Waals surface area contributed by atoms with Crippen LogP contribution in [0.1, 0.15) is 50.7 Å². The number of benzene rings is 1. The predicted molar refractivity (Wildman–Crippen MR) is 81.2 cm³/mol. The van der Waals surface area contributed by atoms with Gasteiger partial charge in [0.2, 0.25) is 0 Å². The molecule has 0 aliphatic heterocycles. The summed E-state index contributed by atoms with van der Waals surface area (Å²) in [5.74, 6) is 0. The van der Waals surface area contributed by atoms with E-state index in [4.69, 9.17) is 0 Å². The summed E-state index contributed by atoms with van der Waals surface area (Å²) in [5.41, 5.74) is 2.32. The Morgan fingerprint density at radius 1 is 0.778 bits per heavy atom. The van der Waals surface area contributed by atoms with Crippen LogP contribution in [0.4, 0.5) is 0 Å². The first-order chi connectivity index (χ1) is 8.86. The molecule has 0 amide bonds. The third-order valence-corrected chi connectivity index (χ3v) is 2.66. The minimum Gasteiger partial charge on any atom is -0.293 e. The molecule has 1 aromatic carbocycles. The fraction of sp³-hybridized carbons (Fsp3) is 0.500. The summed E-state index contributed by atoms with van der Waals surface area (Å²) in [6, 6.07) is 8.37. The average molecular weight is 244 g/mol. The highest BCUT2D eigenvalue weighted by molar-refractivity contribution is 5.84. The van der Waals surface area contributed by atoms with Crippen LogP contribution in [0, 0.1) is 0 Å². The van der Waals surface area contributed by atoms with Crippen LogP contribution in [-0.2, 0) is 0 Å². The lowest BCUT2D eigenvalue weighted by molar-refractivity contribution is 0.729. The molecule has 0 heterocycles. The van der Waals surface area contributed by atoms with Crippen LogP contribution in [0.25, 0.3) is 0 Å². The molecule has 0 aliphatic carbocycles. The Kier molecular flexibility index (Phi) is 7.78. The molecule has 0 spiro atoms. The Bertz CT molecular complexity index is 363. The molecule has 0 N–H and O–H groups in total. The standard InChI is InChI=1S/C16H24N2/c1-3-5-6-12-18-14-16-9-7-15(8-10-16)13-17-11-4-2/h7-10,13-14H,3-6,11-12H2,1-2H3. The monoisotopic (exact) mass is 244 g/mol. The molecule has 0 bridgehead atoms. The van der Waals surface area contributed by atoms with Gasteiger partial charge in [0, 0.05) is 25.5 Å². The molecule has 0 aromatic heterocycles. The van der Waals surface area contributed by atoms with Crippen LogP contribution in [0.15, 0.2) is 34.3 Å². The lowest BCUT2D eigenvalue weighted by Gasteiger charge is -1.96. The smallest absolute Gasteiger partial charge is 0.0389 e. The minimum atomic E-state index is 0.903. The lowest BCUT2D eigenvalue weighted by Crippen LogP contribution is -1.87. The maximum Gasteiger partial charge on any atom is 0.0389 e. The highest BCUT2D eigenvalue weighted by atomic mass is 14.7. The van der Waals surface area contributed by atoms with Crippen molar-refractivity contribution < 1.29 is 0 Å². The van der Waals surface area contributed by atoms with E-state index in [9.17, 15) is 0 Å². The molecule has 0 unspecified atom stereocenters. The molecule has 1 aromatic rings. The number of hydrogen-bond donors (Lipinski definition) is 0. The Morgan fingerprint density at radius 2 is 1.33 bits per heavy atom. The normalized spacial score (nSPS) is 11.7. The number of nitrogens with zero attached hydrogens (tertiary/aromatic N) is 2. The van der Waals surface area contributed by atoms with E-state index in [1.165, 1.54) is 24.8 Å². The Balaban J connectivity index is 2.40. The van der Waals surface area contributed by atoms with E-state index in [0.717, 1.165) is 25.1 Å². The summed E-state index contributed by atoms with van der Waals surface area (Å²) >= 11 is 0. The SMILES string of the molecule is CCCCCN=Cc1ccc(C=NCCC)cc1. The van der Waals surface area contributed by atoms with Gasteiger partial charge in [0.05, 0.1) is 0 Å². The van der Waals surface area contributed by atoms with E-state index < -0.39 is 0 Å². The summed E-state index contributed by atoms with van der Waals surface area (Å²) in [6.45, 7) is 6.19. The van der Waals surface area contributed by atoms with E-state index >= 15 is 0 Å². The second kappa shape index (κ2) is 9.58. The molecule has 0 atom stereocenters. The van der Waals surface area contributed by atoms with Gasteiger partial charge in [-0.1, -0.05) is 51.0 Å². The van der Waals surface area contributed by atoms with Crippen molar-refractivity contribution in [1.29, 1.82) is 0 Å². The molecule has 0 saturated heterocycles. The Hall–Kier alpha value is -1.44. The Labute approximate surface area is 111 Å². The number of hydrogen-bond acceptors (Lipinski definition) is 2. The van der Waals surface area contributed by atoms with Gasteiger partial charge in [0.25, 0.3) is 0 Å². The first kappa shape index (κ1) is 14.6. The van der Waals surface area contributed by atoms with Gasteiger partial charge in [0.15, 0.2) is 0 Å². The molecule has 2 nitrogen and oxygen atoms in total. The van der Waals surface area contributed by atoms with E-state index in [2.05, 4.69) is 48.1 Å². The molecule has 18 heavy (non-hydrogen) atoms. The number of aliphatic imine (C=N–C) groups is 2. The maximum atomic E-state index is 4.43. The van der Waals surface area contributed by atoms with E-state index in [0.29, 0.717) is 0 Å². The van der Waals surface area contributed by atoms with E-state index in [1.54, 1.807) is 0 Å². The molecule has 2 heteroatoms. The van der Waals surface area contributed by atoms with E-state index in [-0.39, 0.29) is 0 Å². The molecular weight excluding hydrogens is 220 g/mol. The first-order valence-corrected chi connectivity index (χ1v) is 6.96. The van der Waals surface area contributed by atoms with Gasteiger partial charge in [-0.2, -0.15) is 0 Å². The highest BCUT2D eigenvalue weighted by Gasteiger charge is 1.89. The molecule has 98 valence electrons. The quantitative estimate of drug-likeness (QED) is 0.485. The van der Waals surface area contributed by atoms with E-state index in [1.807, 2.05) is 12.4 Å². The minimum absolute atomic E-state index is 0.903. The van der Waals surface area contributed by atoms with Crippen LogP contribution >= 0.6 is 0 Å². The van der Waals surface area contributed by atoms with Crippen molar-refractivity contribution in [2.24, 2.45) is 9.98 Å². The summed E-state index contributed by atoms with van der Waals surface area (Å²) < 4.78 is 0. The number of unbranched alkanes of at least 4 members (excludes halogenated alkanes) is 2. The number of rotatable bonds is 8. The average Bonchev–Trinajstić information content (AvgIpc) is 2.40. The van der Waals surface area contributed by atoms with Crippen molar-refractivity contribution in [3.8, 4) is 0 Å². The zero-order valence-corrected chi connectivity index (χ0v) is 11.6. The second-order valence-corrected chi connectivity index (χ2v) is 4.44. The topological polar surface area (TPSA) is 24.7 Å². The largest absolute Gasteiger partial charge is 0.293 e. The third kappa shape index (κ3) is 6.33. The summed E-state index contributed by atoms with van der Waals surface area (Å²) in [4.78, 5) is 8.75. The zero-order valence-electron chi connectivity index (χ0n) is 11.6. The third-order valence-electron chi connectivity index (χ3n) is 2.66. The summed E-state index contributed by atoms with van der Waals surface area (Å²) in [5, 5.41) is 0. The fourth-order valence-corrected chi connectivity index (χ4v) is 1.59. The summed E-state index contributed by atoms with van der Waals surface area (Å²) in [6.07, 6.45) is 8.70. The van der Waals surface area contributed by atoms with Gasteiger partial charge in [-0.15, -0.1) is 0 Å². The van der Waals surface area contributed by atoms with Crippen molar-refractivity contribution in [3.05, 3.63) is 35.4 Å². The first-order valence-electron chi connectivity index (χ1n) is 6.96. The highest BCUT2D eigenvalue weighted by Crippen LogP contribution is 2.01. The molecule has 0 radical (unpaired) electrons. The fourth-order valence-electron chi connectivity index (χ4n) is 1.59. The van der Waals surface area contributed by atoms with Gasteiger partial charge in [-0.25, -0.2) is 0 Å². The van der Waals surface area contributed by atoms with Crippen molar-refractivity contribution in [2.75, 3.05) is 13.1 Å². The van der Waals surface area contributed by atoms with Crippen LogP contribution in [0.5, 0.6) is 0 Å². The van der Waals surface area contributed by atoms with Gasteiger partial charge < -0.3 is 0 Å². The van der Waals surface area contributed by atoms with Crippen LogP contribution in [0.3, 0.4) is 0 Å². The van der Waals surface area contributed by atoms with Crippen LogP contribution < -0.4 is 0 Å². The van der Waals surface area contributed by atoms with Crippen molar-refractivity contribution in [3.63, 3.8) is 0 Å². The van der Waals surface area contributed by atoms with Gasteiger partial charge in [0.1, 0.15) is 0 Å². The second-order valence-electron chi connectivity index (χ2n) is 4.44. The van der Waals surface area contributed by atoms with Crippen LogP contribution in [-0.4, -0.2) is 25.5 Å². The zero-order chi connectivity index (χ0) is 13.1. The molecule has 1 rings (SSSR count). The van der Waals surface area contributed by atoms with Crippen molar-refractivity contribution in [1.82, 2.24) is 0 Å². The maximum absolute atomic E-state index is 4.43. The summed E-state index contributed by atoms with van der Waals surface area (Å²) in [7, 11) is 0. The molecule has 0 aliphatic rings. The van der Waals surface area contributed by atoms with Gasteiger partial charge in [-0.05, 0) is 24.0 Å². The lowest BCUT2D eigenvalue weighted by atomic mass is 10.1. The molecule has 0 saturated carbocycles. The van der Waals surface area contributed by atoms with Crippen molar-refractivity contribution >= 4 is 12.4 Å². The van der Waals surface area contributed by atoms with Gasteiger partial charge in [-0.3, -0.25) is 9.98 Å². The predicted octanol–water partition coefficient (Wildman–Crippen LogP) is 4.12. The van der Waals surface area contributed by atoms with Crippen molar-refractivity contribution in [2.45, 2.75) is 39.5 Å².